The van der Waals surface area contributed by atoms with Crippen molar-refractivity contribution in [3.63, 3.8) is 0 Å². The molecule has 0 aliphatic carbocycles. The van der Waals surface area contributed by atoms with Crippen molar-refractivity contribution >= 4 is 29.0 Å². The quantitative estimate of drug-likeness (QED) is 0.553. The van der Waals surface area contributed by atoms with Crippen molar-refractivity contribution < 1.29 is 33.3 Å². The summed E-state index contributed by atoms with van der Waals surface area (Å²) in [6, 6.07) is 4.56. The lowest BCUT2D eigenvalue weighted by Gasteiger charge is -2.27. The van der Waals surface area contributed by atoms with E-state index in [0.29, 0.717) is 29.5 Å². The third-order valence-corrected chi connectivity index (χ3v) is 5.27. The molecule has 2 atom stereocenters. The van der Waals surface area contributed by atoms with Gasteiger partial charge in [-0.15, -0.1) is 0 Å². The first-order chi connectivity index (χ1) is 16.1. The van der Waals surface area contributed by atoms with Gasteiger partial charge in [-0.25, -0.2) is 14.6 Å². The normalized spacial score (nSPS) is 17.9. The minimum atomic E-state index is -0.812. The van der Waals surface area contributed by atoms with Crippen LogP contribution in [0.15, 0.2) is 24.8 Å². The fraction of sp³-hybridized carbons (Fsp3) is 0.480. The number of aromatic nitrogens is 1. The molecule has 1 aliphatic rings. The zero-order chi connectivity index (χ0) is 25.0. The number of methoxy groups -OCH3 is 2. The number of carbonyl (C=O) groups is 2. The first-order valence-corrected chi connectivity index (χ1v) is 11.1. The van der Waals surface area contributed by atoms with Crippen LogP contribution in [0.4, 0.5) is 4.79 Å². The maximum Gasteiger partial charge on any atom is 0.411 e. The van der Waals surface area contributed by atoms with Crippen molar-refractivity contribution in [2.24, 2.45) is 0 Å². The first kappa shape index (κ1) is 25.1. The van der Waals surface area contributed by atoms with E-state index < -0.39 is 29.8 Å². The van der Waals surface area contributed by atoms with Crippen LogP contribution in [-0.2, 0) is 14.3 Å². The van der Waals surface area contributed by atoms with E-state index in [0.717, 1.165) is 10.9 Å². The van der Waals surface area contributed by atoms with Gasteiger partial charge in [0.25, 0.3) is 0 Å². The molecule has 3 rings (SSSR count). The van der Waals surface area contributed by atoms with Gasteiger partial charge < -0.3 is 23.7 Å². The minimum Gasteiger partial charge on any atom is -0.496 e. The number of nitrogens with zero attached hydrogens (tertiary/aromatic N) is 2. The number of rotatable bonds is 7. The second-order valence-electron chi connectivity index (χ2n) is 8.85. The molecule has 0 spiro atoms. The number of esters is 1. The van der Waals surface area contributed by atoms with Gasteiger partial charge in [0.2, 0.25) is 5.88 Å². The standard InChI is InChI=1S/C25H32N2O7/c1-8-15-10-17-18(12-20(15)30-6)26-22(32-9-2)13-21(17)33-16-11-19(23(28)31-7)27(14-16)24(29)34-25(3,4)5/h8,10,12-13,16,19H,1,9,11,14H2,2-7H3/t16-,19+/m1/s1. The van der Waals surface area contributed by atoms with E-state index in [1.807, 2.05) is 13.0 Å². The SMILES string of the molecule is C=Cc1cc2c(O[C@@H]3C[C@@H](C(=O)OC)N(C(=O)OC(C)(C)C)C3)cc(OCC)nc2cc1OC. The van der Waals surface area contributed by atoms with Crippen LogP contribution in [0.25, 0.3) is 17.0 Å². The first-order valence-electron chi connectivity index (χ1n) is 11.1. The van der Waals surface area contributed by atoms with Gasteiger partial charge in [0.1, 0.15) is 29.2 Å². The zero-order valence-corrected chi connectivity index (χ0v) is 20.5. The Bertz CT molecular complexity index is 1080. The highest BCUT2D eigenvalue weighted by atomic mass is 16.6. The molecule has 1 saturated heterocycles. The number of ether oxygens (including phenoxy) is 5. The lowest BCUT2D eigenvalue weighted by Crippen LogP contribution is -2.44. The summed E-state index contributed by atoms with van der Waals surface area (Å²) in [5.74, 6) is 1.01. The number of hydrogen-bond donors (Lipinski definition) is 0. The lowest BCUT2D eigenvalue weighted by atomic mass is 10.1. The maximum absolute atomic E-state index is 12.8. The van der Waals surface area contributed by atoms with Crippen LogP contribution < -0.4 is 14.2 Å². The van der Waals surface area contributed by atoms with Crippen LogP contribution in [0, 0.1) is 0 Å². The number of carbonyl (C=O) groups excluding carboxylic acids is 2. The van der Waals surface area contributed by atoms with Crippen molar-refractivity contribution in [2.45, 2.75) is 51.9 Å². The topological polar surface area (TPSA) is 96.4 Å². The predicted octanol–water partition coefficient (Wildman–Crippen LogP) is 4.21. The number of hydrogen-bond acceptors (Lipinski definition) is 8. The highest BCUT2D eigenvalue weighted by Crippen LogP contribution is 2.36. The van der Waals surface area contributed by atoms with E-state index >= 15 is 0 Å². The Morgan fingerprint density at radius 1 is 1.21 bits per heavy atom. The fourth-order valence-corrected chi connectivity index (χ4v) is 3.82. The molecule has 2 heterocycles. The van der Waals surface area contributed by atoms with Gasteiger partial charge in [0.15, 0.2) is 0 Å². The summed E-state index contributed by atoms with van der Waals surface area (Å²) in [5.41, 5.74) is 0.694. The Morgan fingerprint density at radius 2 is 1.94 bits per heavy atom. The molecule has 2 aromatic rings. The average Bonchev–Trinajstić information content (AvgIpc) is 3.20. The Labute approximate surface area is 199 Å². The van der Waals surface area contributed by atoms with Crippen molar-refractivity contribution in [3.8, 4) is 17.4 Å². The molecule has 9 nitrogen and oxygen atoms in total. The molecule has 0 N–H and O–H groups in total. The Hall–Kier alpha value is -3.49. The Morgan fingerprint density at radius 3 is 2.53 bits per heavy atom. The average molecular weight is 473 g/mol. The van der Waals surface area contributed by atoms with E-state index in [9.17, 15) is 9.59 Å². The fourth-order valence-electron chi connectivity index (χ4n) is 3.82. The third kappa shape index (κ3) is 5.52. The van der Waals surface area contributed by atoms with Gasteiger partial charge in [0.05, 0.1) is 32.9 Å². The summed E-state index contributed by atoms with van der Waals surface area (Å²) in [7, 11) is 2.87. The van der Waals surface area contributed by atoms with E-state index in [1.54, 1.807) is 46.1 Å². The van der Waals surface area contributed by atoms with E-state index in [-0.39, 0.29) is 13.0 Å². The molecular weight excluding hydrogens is 440 g/mol. The number of pyridine rings is 1. The van der Waals surface area contributed by atoms with Gasteiger partial charge in [0, 0.05) is 29.5 Å². The van der Waals surface area contributed by atoms with Crippen LogP contribution in [-0.4, -0.2) is 67.1 Å². The molecule has 1 aromatic carbocycles. The van der Waals surface area contributed by atoms with Crippen molar-refractivity contribution in [1.82, 2.24) is 9.88 Å². The van der Waals surface area contributed by atoms with Gasteiger partial charge >= 0.3 is 12.1 Å². The highest BCUT2D eigenvalue weighted by Gasteiger charge is 2.43. The predicted molar refractivity (Wildman–Crippen MR) is 127 cm³/mol. The number of benzene rings is 1. The van der Waals surface area contributed by atoms with Crippen LogP contribution in [0.3, 0.4) is 0 Å². The zero-order valence-electron chi connectivity index (χ0n) is 20.5. The van der Waals surface area contributed by atoms with Crippen molar-refractivity contribution in [3.05, 3.63) is 30.3 Å². The summed E-state index contributed by atoms with van der Waals surface area (Å²) in [6.07, 6.45) is 0.865. The second-order valence-corrected chi connectivity index (χ2v) is 8.85. The number of likely N-dealkylation sites (tertiary alicyclic amines) is 1. The Balaban J connectivity index is 1.97. The molecule has 184 valence electrons. The van der Waals surface area contributed by atoms with Gasteiger partial charge in [-0.3, -0.25) is 4.90 Å². The molecule has 1 aromatic heterocycles. The van der Waals surface area contributed by atoms with Gasteiger partial charge in [-0.2, -0.15) is 0 Å². The number of fused-ring (bicyclic) bond motifs is 1. The lowest BCUT2D eigenvalue weighted by molar-refractivity contribution is -0.145. The molecule has 0 bridgehead atoms. The van der Waals surface area contributed by atoms with Crippen molar-refractivity contribution in [1.29, 1.82) is 0 Å². The molecule has 0 radical (unpaired) electrons. The summed E-state index contributed by atoms with van der Waals surface area (Å²) in [6.45, 7) is 11.6. The van der Waals surface area contributed by atoms with E-state index in [4.69, 9.17) is 23.7 Å². The summed E-state index contributed by atoms with van der Waals surface area (Å²) >= 11 is 0. The smallest absolute Gasteiger partial charge is 0.411 e. The molecule has 0 saturated carbocycles. The van der Waals surface area contributed by atoms with Crippen LogP contribution in [0.2, 0.25) is 0 Å². The van der Waals surface area contributed by atoms with Crippen LogP contribution in [0.1, 0.15) is 39.7 Å². The number of amides is 1. The highest BCUT2D eigenvalue weighted by molar-refractivity contribution is 5.90. The van der Waals surface area contributed by atoms with Crippen LogP contribution in [0.5, 0.6) is 17.4 Å². The largest absolute Gasteiger partial charge is 0.496 e. The van der Waals surface area contributed by atoms with E-state index in [1.165, 1.54) is 12.0 Å². The summed E-state index contributed by atoms with van der Waals surface area (Å²) in [5, 5.41) is 0.726. The second kappa shape index (κ2) is 10.2. The van der Waals surface area contributed by atoms with E-state index in [2.05, 4.69) is 11.6 Å². The van der Waals surface area contributed by atoms with Crippen LogP contribution >= 0.6 is 0 Å². The molecule has 1 fully saturated rings. The maximum atomic E-state index is 12.8. The minimum absolute atomic E-state index is 0.160. The molecular formula is C25H32N2O7. The summed E-state index contributed by atoms with van der Waals surface area (Å²) < 4.78 is 27.8. The van der Waals surface area contributed by atoms with Gasteiger partial charge in [-0.1, -0.05) is 12.7 Å². The van der Waals surface area contributed by atoms with Gasteiger partial charge in [-0.05, 0) is 33.8 Å². The monoisotopic (exact) mass is 472 g/mol. The molecule has 9 heteroatoms. The molecule has 0 unspecified atom stereocenters. The molecule has 1 amide bonds. The van der Waals surface area contributed by atoms with Crippen molar-refractivity contribution in [2.75, 3.05) is 27.4 Å². The third-order valence-electron chi connectivity index (χ3n) is 5.27. The molecule has 34 heavy (non-hydrogen) atoms. The Kier molecular flexibility index (Phi) is 7.54. The summed E-state index contributed by atoms with van der Waals surface area (Å²) in [4.78, 5) is 31.1. The molecule has 1 aliphatic heterocycles.